The molecule has 0 bridgehead atoms. The Kier molecular flexibility index (Phi) is 5.58. The lowest BCUT2D eigenvalue weighted by molar-refractivity contribution is -0.128. The molecule has 0 aliphatic rings. The molecular weight excluding hydrogens is 350 g/mol. The summed E-state index contributed by atoms with van der Waals surface area (Å²) in [4.78, 5) is 14.2. The summed E-state index contributed by atoms with van der Waals surface area (Å²) in [6.07, 6.45) is 0. The monoisotopic (exact) mass is 369 g/mol. The van der Waals surface area contributed by atoms with Crippen LogP contribution in [-0.2, 0) is 4.79 Å². The van der Waals surface area contributed by atoms with Crippen molar-refractivity contribution in [3.8, 4) is 17.2 Å². The average molecular weight is 369 g/mol. The molecule has 7 heteroatoms. The van der Waals surface area contributed by atoms with Gasteiger partial charge in [0, 0.05) is 19.7 Å². The molecule has 0 aliphatic carbocycles. The van der Waals surface area contributed by atoms with Crippen LogP contribution in [0.4, 0.5) is 0 Å². The maximum Gasteiger partial charge on any atom is 0.277 e. The quantitative estimate of drug-likeness (QED) is 0.618. The summed E-state index contributed by atoms with van der Waals surface area (Å²) in [6.45, 7) is 0. The molecule has 0 unspecified atom stereocenters. The Morgan fingerprint density at radius 2 is 1.77 bits per heavy atom. The van der Waals surface area contributed by atoms with Gasteiger partial charge in [0.15, 0.2) is 0 Å². The normalized spacial score (nSPS) is 11.8. The number of thioether (sulfide) groups is 1. The number of carbonyl (C=O) groups is 1. The highest BCUT2D eigenvalue weighted by Gasteiger charge is 2.26. The number of ether oxygens (including phenoxy) is 1. The zero-order chi connectivity index (χ0) is 18.5. The Balaban J connectivity index is 1.83. The van der Waals surface area contributed by atoms with Gasteiger partial charge in [-0.15, -0.1) is 10.2 Å². The lowest BCUT2D eigenvalue weighted by Gasteiger charge is -2.18. The topological polar surface area (TPSA) is 68.5 Å². The molecule has 1 heterocycles. The summed E-state index contributed by atoms with van der Waals surface area (Å²) in [5, 5.41) is 8.07. The van der Waals surface area contributed by atoms with Crippen molar-refractivity contribution in [3.63, 3.8) is 0 Å². The van der Waals surface area contributed by atoms with Gasteiger partial charge in [-0.3, -0.25) is 4.79 Å². The largest absolute Gasteiger partial charge is 0.497 e. The van der Waals surface area contributed by atoms with Gasteiger partial charge >= 0.3 is 0 Å². The average Bonchev–Trinajstić information content (AvgIpc) is 3.15. The number of likely N-dealkylation sites (N-methyl/N-ethyl adjacent to an activating group) is 1. The first-order valence-corrected chi connectivity index (χ1v) is 8.87. The first-order valence-electron chi connectivity index (χ1n) is 7.99. The van der Waals surface area contributed by atoms with E-state index in [-0.39, 0.29) is 5.91 Å². The Bertz CT molecular complexity index is 863. The second kappa shape index (κ2) is 8.05. The van der Waals surface area contributed by atoms with Crippen LogP contribution in [0, 0.1) is 0 Å². The number of carbonyl (C=O) groups excluding carboxylic acids is 1. The summed E-state index contributed by atoms with van der Waals surface area (Å²) in [5.74, 6) is 1.12. The number of amides is 1. The van der Waals surface area contributed by atoms with Crippen LogP contribution in [0.2, 0.25) is 0 Å². The van der Waals surface area contributed by atoms with E-state index in [1.165, 1.54) is 11.8 Å². The molecule has 3 rings (SSSR count). The van der Waals surface area contributed by atoms with Gasteiger partial charge in [0.25, 0.3) is 5.22 Å². The molecule has 2 aromatic carbocycles. The number of aromatic nitrogens is 2. The van der Waals surface area contributed by atoms with E-state index in [0.717, 1.165) is 16.9 Å². The lowest BCUT2D eigenvalue weighted by Crippen LogP contribution is -2.26. The van der Waals surface area contributed by atoms with Crippen LogP contribution in [0.25, 0.3) is 11.5 Å². The van der Waals surface area contributed by atoms with Gasteiger partial charge in [-0.1, -0.05) is 30.3 Å². The van der Waals surface area contributed by atoms with Crippen LogP contribution in [0.5, 0.6) is 5.75 Å². The maximum absolute atomic E-state index is 12.6. The molecule has 0 fully saturated rings. The van der Waals surface area contributed by atoms with Gasteiger partial charge in [0.2, 0.25) is 11.8 Å². The number of methoxy groups -OCH3 is 1. The predicted molar refractivity (Wildman–Crippen MR) is 100 cm³/mol. The molecule has 0 radical (unpaired) electrons. The summed E-state index contributed by atoms with van der Waals surface area (Å²) in [5.41, 5.74) is 1.68. The minimum absolute atomic E-state index is 0.0367. The number of hydrogen-bond acceptors (Lipinski definition) is 6. The Labute approximate surface area is 156 Å². The molecule has 1 atom stereocenters. The lowest BCUT2D eigenvalue weighted by atomic mass is 10.1. The molecule has 1 aromatic heterocycles. The minimum Gasteiger partial charge on any atom is -0.497 e. The summed E-state index contributed by atoms with van der Waals surface area (Å²) in [7, 11) is 5.08. The van der Waals surface area contributed by atoms with Crippen molar-refractivity contribution >= 4 is 17.7 Å². The summed E-state index contributed by atoms with van der Waals surface area (Å²) in [6, 6.07) is 16.9. The van der Waals surface area contributed by atoms with E-state index < -0.39 is 5.25 Å². The molecule has 0 saturated heterocycles. The maximum atomic E-state index is 12.6. The number of rotatable bonds is 6. The van der Waals surface area contributed by atoms with Crippen LogP contribution >= 0.6 is 11.8 Å². The third kappa shape index (κ3) is 4.05. The van der Waals surface area contributed by atoms with Gasteiger partial charge in [-0.05, 0) is 41.6 Å². The van der Waals surface area contributed by atoms with Crippen molar-refractivity contribution in [2.45, 2.75) is 10.5 Å². The Hall–Kier alpha value is -2.80. The summed E-state index contributed by atoms with van der Waals surface area (Å²) < 4.78 is 10.9. The van der Waals surface area contributed by atoms with E-state index in [2.05, 4.69) is 10.2 Å². The highest BCUT2D eigenvalue weighted by atomic mass is 32.2. The fraction of sp³-hybridized carbons (Fsp3) is 0.211. The van der Waals surface area contributed by atoms with E-state index in [1.807, 2.05) is 54.6 Å². The third-order valence-corrected chi connectivity index (χ3v) is 4.81. The van der Waals surface area contributed by atoms with Crippen molar-refractivity contribution in [1.29, 1.82) is 0 Å². The molecular formula is C19H19N3O3S. The van der Waals surface area contributed by atoms with Gasteiger partial charge < -0.3 is 14.1 Å². The summed E-state index contributed by atoms with van der Waals surface area (Å²) >= 11 is 1.25. The first-order chi connectivity index (χ1) is 12.6. The third-order valence-electron chi connectivity index (χ3n) is 3.73. The first kappa shape index (κ1) is 18.0. The molecule has 0 aliphatic heterocycles. The van der Waals surface area contributed by atoms with E-state index in [0.29, 0.717) is 11.1 Å². The molecule has 0 saturated carbocycles. The fourth-order valence-electron chi connectivity index (χ4n) is 2.33. The molecule has 26 heavy (non-hydrogen) atoms. The zero-order valence-corrected chi connectivity index (χ0v) is 15.6. The Morgan fingerprint density at radius 3 is 2.38 bits per heavy atom. The van der Waals surface area contributed by atoms with E-state index in [9.17, 15) is 4.79 Å². The molecule has 3 aromatic rings. The van der Waals surface area contributed by atoms with Gasteiger partial charge in [-0.2, -0.15) is 0 Å². The standard InChI is InChI=1S/C19H19N3O3S/c1-22(2)18(23)16(13-7-5-4-6-8-13)26-19-21-20-17(25-19)14-9-11-15(24-3)12-10-14/h4-12,16H,1-3H3/t16-/m1/s1. The van der Waals surface area contributed by atoms with Crippen molar-refractivity contribution in [1.82, 2.24) is 15.1 Å². The second-order valence-electron chi connectivity index (χ2n) is 5.74. The molecule has 1 amide bonds. The van der Waals surface area contributed by atoms with Gasteiger partial charge in [0.05, 0.1) is 7.11 Å². The Morgan fingerprint density at radius 1 is 1.08 bits per heavy atom. The smallest absolute Gasteiger partial charge is 0.277 e. The van der Waals surface area contributed by atoms with Crippen LogP contribution in [0.15, 0.2) is 64.2 Å². The van der Waals surface area contributed by atoms with Gasteiger partial charge in [-0.25, -0.2) is 0 Å². The van der Waals surface area contributed by atoms with E-state index in [1.54, 1.807) is 26.1 Å². The van der Waals surface area contributed by atoms with E-state index >= 15 is 0 Å². The van der Waals surface area contributed by atoms with Crippen LogP contribution < -0.4 is 4.74 Å². The second-order valence-corrected chi connectivity index (χ2v) is 6.80. The van der Waals surface area contributed by atoms with Crippen LogP contribution in [-0.4, -0.2) is 42.2 Å². The van der Waals surface area contributed by atoms with Crippen molar-refractivity contribution in [3.05, 3.63) is 60.2 Å². The van der Waals surface area contributed by atoms with Crippen molar-refractivity contribution in [2.75, 3.05) is 21.2 Å². The minimum atomic E-state index is -0.449. The number of benzene rings is 2. The van der Waals surface area contributed by atoms with E-state index in [4.69, 9.17) is 9.15 Å². The molecule has 6 nitrogen and oxygen atoms in total. The highest BCUT2D eigenvalue weighted by Crippen LogP contribution is 2.36. The SMILES string of the molecule is COc1ccc(-c2nnc(S[C@@H](C(=O)N(C)C)c3ccccc3)o2)cc1. The fourth-order valence-corrected chi connectivity index (χ4v) is 3.35. The van der Waals surface area contributed by atoms with Crippen molar-refractivity contribution < 1.29 is 13.9 Å². The van der Waals surface area contributed by atoms with Crippen molar-refractivity contribution in [2.24, 2.45) is 0 Å². The van der Waals surface area contributed by atoms with Gasteiger partial charge in [0.1, 0.15) is 11.0 Å². The number of hydrogen-bond donors (Lipinski definition) is 0. The van der Waals surface area contributed by atoms with Crippen LogP contribution in [0.3, 0.4) is 0 Å². The zero-order valence-electron chi connectivity index (χ0n) is 14.7. The van der Waals surface area contributed by atoms with Crippen LogP contribution in [0.1, 0.15) is 10.8 Å². The number of nitrogens with zero attached hydrogens (tertiary/aromatic N) is 3. The molecule has 134 valence electrons. The predicted octanol–water partition coefficient (Wildman–Crippen LogP) is 3.67. The highest BCUT2D eigenvalue weighted by molar-refractivity contribution is 8.00. The molecule has 0 spiro atoms. The molecule has 0 N–H and O–H groups in total.